The highest BCUT2D eigenvalue weighted by Crippen LogP contribution is 2.23. The van der Waals surface area contributed by atoms with Crippen molar-refractivity contribution in [2.45, 2.75) is 31.9 Å². The summed E-state index contributed by atoms with van der Waals surface area (Å²) >= 11 is 0. The molecule has 1 saturated carbocycles. The topological polar surface area (TPSA) is 73.9 Å². The van der Waals surface area contributed by atoms with Crippen LogP contribution in [0.25, 0.3) is 0 Å². The zero-order valence-electron chi connectivity index (χ0n) is 12.3. The molecule has 0 unspecified atom stereocenters. The van der Waals surface area contributed by atoms with Crippen molar-refractivity contribution in [3.05, 3.63) is 23.8 Å². The van der Waals surface area contributed by atoms with Gasteiger partial charge in [-0.1, -0.05) is 0 Å². The zero-order chi connectivity index (χ0) is 15.4. The first kappa shape index (κ1) is 15.2. The first-order valence-corrected chi connectivity index (χ1v) is 6.78. The predicted octanol–water partition coefficient (Wildman–Crippen LogP) is 1.53. The molecule has 6 nitrogen and oxygen atoms in total. The Kier molecular flexibility index (Phi) is 4.67. The average Bonchev–Trinajstić information content (AvgIpc) is 3.30. The molecule has 0 bridgehead atoms. The van der Waals surface area contributed by atoms with Crippen molar-refractivity contribution in [1.29, 1.82) is 0 Å². The monoisotopic (exact) mass is 293 g/mol. The van der Waals surface area contributed by atoms with Gasteiger partial charge in [0.05, 0.1) is 19.8 Å². The van der Waals surface area contributed by atoms with Gasteiger partial charge in [0.2, 0.25) is 0 Å². The minimum absolute atomic E-state index is 0.232. The van der Waals surface area contributed by atoms with Crippen LogP contribution in [0.2, 0.25) is 0 Å². The average molecular weight is 293 g/mol. The molecule has 1 aromatic carbocycles. The Morgan fingerprint density at radius 1 is 1.14 bits per heavy atom. The molecule has 21 heavy (non-hydrogen) atoms. The van der Waals surface area contributed by atoms with Crippen LogP contribution in [-0.2, 0) is 9.53 Å². The lowest BCUT2D eigenvalue weighted by Crippen LogP contribution is -2.37. The number of ether oxygens (including phenoxy) is 3. The van der Waals surface area contributed by atoms with Crippen molar-refractivity contribution >= 4 is 11.9 Å². The van der Waals surface area contributed by atoms with Gasteiger partial charge in [0.15, 0.2) is 6.10 Å². The molecule has 1 atom stereocenters. The number of hydrogen-bond donors (Lipinski definition) is 1. The molecule has 1 fully saturated rings. The van der Waals surface area contributed by atoms with E-state index >= 15 is 0 Å². The van der Waals surface area contributed by atoms with E-state index in [4.69, 9.17) is 14.2 Å². The van der Waals surface area contributed by atoms with Gasteiger partial charge in [0, 0.05) is 12.1 Å². The number of methoxy groups -OCH3 is 2. The van der Waals surface area contributed by atoms with E-state index in [0.29, 0.717) is 11.5 Å². The quantitative estimate of drug-likeness (QED) is 0.805. The minimum atomic E-state index is -0.838. The molecule has 2 rings (SSSR count). The molecule has 1 amide bonds. The minimum Gasteiger partial charge on any atom is -0.497 e. The fourth-order valence-corrected chi connectivity index (χ4v) is 1.75. The molecule has 1 N–H and O–H groups in total. The number of amides is 1. The van der Waals surface area contributed by atoms with Crippen LogP contribution in [0.5, 0.6) is 11.5 Å². The van der Waals surface area contributed by atoms with Crippen molar-refractivity contribution in [3.8, 4) is 11.5 Å². The Balaban J connectivity index is 2.02. The van der Waals surface area contributed by atoms with Gasteiger partial charge in [-0.25, -0.2) is 4.79 Å². The normalized spacial score (nSPS) is 15.0. The molecule has 0 aromatic heterocycles. The number of hydrogen-bond acceptors (Lipinski definition) is 5. The lowest BCUT2D eigenvalue weighted by molar-refractivity contribution is -0.129. The van der Waals surface area contributed by atoms with Crippen molar-refractivity contribution in [2.75, 3.05) is 14.2 Å². The summed E-state index contributed by atoms with van der Waals surface area (Å²) in [5.41, 5.74) is 0.275. The number of carbonyl (C=O) groups is 2. The van der Waals surface area contributed by atoms with Crippen LogP contribution in [0.4, 0.5) is 0 Å². The Morgan fingerprint density at radius 3 is 2.19 bits per heavy atom. The summed E-state index contributed by atoms with van der Waals surface area (Å²) in [6.07, 6.45) is 1.13. The molecule has 0 aliphatic heterocycles. The van der Waals surface area contributed by atoms with Crippen molar-refractivity contribution in [1.82, 2.24) is 5.32 Å². The third kappa shape index (κ3) is 4.11. The molecule has 1 aliphatic carbocycles. The summed E-state index contributed by atoms with van der Waals surface area (Å²) in [7, 11) is 2.99. The molecular weight excluding hydrogens is 274 g/mol. The van der Waals surface area contributed by atoms with Crippen LogP contribution in [0, 0.1) is 0 Å². The Bertz CT molecular complexity index is 517. The van der Waals surface area contributed by atoms with Crippen molar-refractivity contribution in [2.24, 2.45) is 0 Å². The first-order chi connectivity index (χ1) is 10.0. The van der Waals surface area contributed by atoms with Gasteiger partial charge >= 0.3 is 5.97 Å². The molecule has 0 radical (unpaired) electrons. The highest BCUT2D eigenvalue weighted by Gasteiger charge is 2.27. The van der Waals surface area contributed by atoms with Crippen LogP contribution >= 0.6 is 0 Å². The Hall–Kier alpha value is -2.24. The van der Waals surface area contributed by atoms with E-state index in [-0.39, 0.29) is 17.5 Å². The SMILES string of the molecule is COc1cc(OC)cc(C(=O)O[C@@H](C)C(=O)NC2CC2)c1. The number of rotatable bonds is 6. The highest BCUT2D eigenvalue weighted by atomic mass is 16.5. The summed E-state index contributed by atoms with van der Waals surface area (Å²) in [5, 5.41) is 2.79. The van der Waals surface area contributed by atoms with Gasteiger partial charge in [-0.15, -0.1) is 0 Å². The number of esters is 1. The molecule has 6 heteroatoms. The van der Waals surface area contributed by atoms with Crippen molar-refractivity contribution < 1.29 is 23.8 Å². The summed E-state index contributed by atoms with van der Waals surface area (Å²) < 4.78 is 15.4. The maximum Gasteiger partial charge on any atom is 0.339 e. The second-order valence-electron chi connectivity index (χ2n) is 4.93. The standard InChI is InChI=1S/C15H19NO5/c1-9(14(17)16-11-4-5-11)21-15(18)10-6-12(19-2)8-13(7-10)20-3/h6-9,11H,4-5H2,1-3H3,(H,16,17)/t9-/m0/s1. The third-order valence-electron chi connectivity index (χ3n) is 3.16. The van der Waals surface area contributed by atoms with E-state index < -0.39 is 12.1 Å². The summed E-state index contributed by atoms with van der Waals surface area (Å²) in [5.74, 6) is 0.0964. The van der Waals surface area contributed by atoms with E-state index in [1.54, 1.807) is 13.0 Å². The summed E-state index contributed by atoms with van der Waals surface area (Å²) in [4.78, 5) is 23.9. The second kappa shape index (κ2) is 6.47. The Labute approximate surface area is 123 Å². The lowest BCUT2D eigenvalue weighted by Gasteiger charge is -2.14. The van der Waals surface area contributed by atoms with Crippen LogP contribution < -0.4 is 14.8 Å². The molecular formula is C15H19NO5. The van der Waals surface area contributed by atoms with E-state index in [9.17, 15) is 9.59 Å². The number of benzene rings is 1. The molecule has 114 valence electrons. The predicted molar refractivity (Wildman–Crippen MR) is 75.6 cm³/mol. The molecule has 1 aromatic rings. The van der Waals surface area contributed by atoms with E-state index in [1.165, 1.54) is 26.4 Å². The maximum absolute atomic E-state index is 12.1. The third-order valence-corrected chi connectivity index (χ3v) is 3.16. The Morgan fingerprint density at radius 2 is 1.71 bits per heavy atom. The van der Waals surface area contributed by atoms with E-state index in [0.717, 1.165) is 12.8 Å². The maximum atomic E-state index is 12.1. The molecule has 0 heterocycles. The molecule has 0 spiro atoms. The van der Waals surface area contributed by atoms with E-state index in [2.05, 4.69) is 5.32 Å². The molecule has 0 saturated heterocycles. The van der Waals surface area contributed by atoms with Crippen LogP contribution in [0.1, 0.15) is 30.1 Å². The van der Waals surface area contributed by atoms with Gasteiger partial charge in [-0.2, -0.15) is 0 Å². The van der Waals surface area contributed by atoms with Crippen LogP contribution in [0.3, 0.4) is 0 Å². The molecule has 1 aliphatic rings. The number of carbonyl (C=O) groups excluding carboxylic acids is 2. The fourth-order valence-electron chi connectivity index (χ4n) is 1.75. The van der Waals surface area contributed by atoms with Crippen LogP contribution in [0.15, 0.2) is 18.2 Å². The van der Waals surface area contributed by atoms with Gasteiger partial charge in [0.25, 0.3) is 5.91 Å². The van der Waals surface area contributed by atoms with Gasteiger partial charge in [-0.05, 0) is 31.9 Å². The van der Waals surface area contributed by atoms with E-state index in [1.807, 2.05) is 0 Å². The summed E-state index contributed by atoms with van der Waals surface area (Å²) in [6, 6.07) is 4.96. The van der Waals surface area contributed by atoms with Crippen molar-refractivity contribution in [3.63, 3.8) is 0 Å². The lowest BCUT2D eigenvalue weighted by atomic mass is 10.2. The summed E-state index contributed by atoms with van der Waals surface area (Å²) in [6.45, 7) is 1.55. The second-order valence-corrected chi connectivity index (χ2v) is 4.93. The largest absolute Gasteiger partial charge is 0.497 e. The fraction of sp³-hybridized carbons (Fsp3) is 0.467. The first-order valence-electron chi connectivity index (χ1n) is 6.78. The van der Waals surface area contributed by atoms with Crippen LogP contribution in [-0.4, -0.2) is 38.2 Å². The highest BCUT2D eigenvalue weighted by molar-refractivity contribution is 5.93. The van der Waals surface area contributed by atoms with Gasteiger partial charge < -0.3 is 19.5 Å². The smallest absolute Gasteiger partial charge is 0.339 e. The van der Waals surface area contributed by atoms with Gasteiger partial charge in [0.1, 0.15) is 11.5 Å². The van der Waals surface area contributed by atoms with Gasteiger partial charge in [-0.3, -0.25) is 4.79 Å². The number of nitrogens with one attached hydrogen (secondary N) is 1. The zero-order valence-corrected chi connectivity index (χ0v) is 12.3.